The maximum absolute atomic E-state index is 13.2. The first-order valence-electron chi connectivity index (χ1n) is 6.16. The molecule has 3 rings (SSSR count). The van der Waals surface area contributed by atoms with Gasteiger partial charge in [0, 0.05) is 19.6 Å². The predicted molar refractivity (Wildman–Crippen MR) is 61.2 cm³/mol. The van der Waals surface area contributed by atoms with Crippen molar-refractivity contribution in [2.45, 2.75) is 31.6 Å². The molecule has 2 unspecified atom stereocenters. The Balaban J connectivity index is 1.73. The highest BCUT2D eigenvalue weighted by molar-refractivity contribution is 5.30. The number of rotatable bonds is 2. The Hall–Kier alpha value is -1.20. The van der Waals surface area contributed by atoms with E-state index in [4.69, 9.17) is 9.84 Å². The molecule has 0 aliphatic carbocycles. The average Bonchev–Trinajstić information content (AvgIpc) is 2.66. The predicted octanol–water partition coefficient (Wildman–Crippen LogP) is 2.03. The zero-order valence-electron chi connectivity index (χ0n) is 9.90. The second-order valence-electron chi connectivity index (χ2n) is 5.06. The zero-order valence-corrected chi connectivity index (χ0v) is 9.90. The van der Waals surface area contributed by atoms with E-state index in [1.165, 1.54) is 12.1 Å². The maximum atomic E-state index is 13.2. The Labute approximate surface area is 104 Å². The highest BCUT2D eigenvalue weighted by Crippen LogP contribution is 2.28. The van der Waals surface area contributed by atoms with Crippen molar-refractivity contribution >= 4 is 0 Å². The van der Waals surface area contributed by atoms with Crippen LogP contribution in [-0.2, 0) is 11.3 Å². The summed E-state index contributed by atoms with van der Waals surface area (Å²) in [5.41, 5.74) is 0.545. The molecule has 1 N–H and O–H groups in total. The first-order valence-corrected chi connectivity index (χ1v) is 6.16. The molecule has 3 nitrogen and oxygen atoms in total. The van der Waals surface area contributed by atoms with E-state index in [2.05, 4.69) is 4.90 Å². The molecule has 18 heavy (non-hydrogen) atoms. The quantitative estimate of drug-likeness (QED) is 0.877. The normalized spacial score (nSPS) is 27.7. The molecule has 98 valence electrons. The summed E-state index contributed by atoms with van der Waals surface area (Å²) in [6.45, 7) is 2.10. The van der Waals surface area contributed by atoms with E-state index in [-0.39, 0.29) is 12.2 Å². The van der Waals surface area contributed by atoms with Gasteiger partial charge in [0.05, 0.1) is 12.2 Å². The lowest BCUT2D eigenvalue weighted by Crippen LogP contribution is -2.41. The standard InChI is InChI=1S/C13H15F2NO2/c14-11-3-8(4-12(15)13(11)17)5-16-6-9-1-2-10(7-16)18-9/h3-4,9-10,17H,1-2,5-7H2. The first kappa shape index (κ1) is 11.9. The molecule has 2 aliphatic rings. The molecule has 2 heterocycles. The minimum Gasteiger partial charge on any atom is -0.503 e. The van der Waals surface area contributed by atoms with Gasteiger partial charge in [-0.1, -0.05) is 0 Å². The summed E-state index contributed by atoms with van der Waals surface area (Å²) in [7, 11) is 0. The minimum atomic E-state index is -0.902. The fraction of sp³-hybridized carbons (Fsp3) is 0.538. The Morgan fingerprint density at radius 1 is 1.17 bits per heavy atom. The van der Waals surface area contributed by atoms with Gasteiger partial charge in [0.25, 0.3) is 0 Å². The summed E-state index contributed by atoms with van der Waals surface area (Å²) >= 11 is 0. The Morgan fingerprint density at radius 3 is 2.28 bits per heavy atom. The number of hydrogen-bond acceptors (Lipinski definition) is 3. The van der Waals surface area contributed by atoms with Crippen molar-refractivity contribution in [1.82, 2.24) is 4.90 Å². The van der Waals surface area contributed by atoms with E-state index in [0.717, 1.165) is 25.9 Å². The molecule has 2 bridgehead atoms. The molecule has 0 spiro atoms. The topological polar surface area (TPSA) is 32.7 Å². The fourth-order valence-electron chi connectivity index (χ4n) is 2.80. The van der Waals surface area contributed by atoms with Crippen LogP contribution in [0.15, 0.2) is 12.1 Å². The van der Waals surface area contributed by atoms with Crippen molar-refractivity contribution in [3.8, 4) is 5.75 Å². The van der Waals surface area contributed by atoms with E-state index in [1.807, 2.05) is 0 Å². The SMILES string of the molecule is Oc1c(F)cc(CN2CC3CCC(C2)O3)cc1F. The van der Waals surface area contributed by atoms with Crippen LogP contribution in [-0.4, -0.2) is 35.3 Å². The maximum Gasteiger partial charge on any atom is 0.187 e. The van der Waals surface area contributed by atoms with E-state index in [9.17, 15) is 8.78 Å². The average molecular weight is 255 g/mol. The summed E-state index contributed by atoms with van der Waals surface area (Å²) < 4.78 is 32.2. The van der Waals surface area contributed by atoms with Gasteiger partial charge in [-0.2, -0.15) is 0 Å². The van der Waals surface area contributed by atoms with Crippen molar-refractivity contribution in [2.75, 3.05) is 13.1 Å². The summed E-state index contributed by atoms with van der Waals surface area (Å²) in [5, 5.41) is 9.05. The van der Waals surface area contributed by atoms with Crippen LogP contribution in [0.4, 0.5) is 8.78 Å². The third-order valence-corrected chi connectivity index (χ3v) is 3.60. The van der Waals surface area contributed by atoms with Gasteiger partial charge in [-0.05, 0) is 30.5 Å². The number of morpholine rings is 1. The van der Waals surface area contributed by atoms with Gasteiger partial charge < -0.3 is 9.84 Å². The summed E-state index contributed by atoms with van der Waals surface area (Å²) in [5.74, 6) is -2.71. The number of aromatic hydroxyl groups is 1. The van der Waals surface area contributed by atoms with Gasteiger partial charge in [0.2, 0.25) is 0 Å². The van der Waals surface area contributed by atoms with Crippen LogP contribution in [0, 0.1) is 11.6 Å². The Bertz CT molecular complexity index is 431. The number of phenolic OH excluding ortho intramolecular Hbond substituents is 1. The third-order valence-electron chi connectivity index (χ3n) is 3.60. The number of ether oxygens (including phenoxy) is 1. The van der Waals surface area contributed by atoms with Gasteiger partial charge in [-0.3, -0.25) is 4.90 Å². The molecule has 0 amide bonds. The lowest BCUT2D eigenvalue weighted by molar-refractivity contribution is -0.0410. The van der Waals surface area contributed by atoms with Crippen molar-refractivity contribution in [3.05, 3.63) is 29.3 Å². The number of likely N-dealkylation sites (tertiary alicyclic amines) is 1. The molecule has 2 atom stereocenters. The van der Waals surface area contributed by atoms with Crippen molar-refractivity contribution < 1.29 is 18.6 Å². The van der Waals surface area contributed by atoms with E-state index in [0.29, 0.717) is 12.1 Å². The van der Waals surface area contributed by atoms with Gasteiger partial charge >= 0.3 is 0 Å². The van der Waals surface area contributed by atoms with Gasteiger partial charge in [-0.25, -0.2) is 8.78 Å². The molecule has 2 saturated heterocycles. The van der Waals surface area contributed by atoms with Gasteiger partial charge in [0.1, 0.15) is 0 Å². The Morgan fingerprint density at radius 2 is 1.72 bits per heavy atom. The summed E-state index contributed by atoms with van der Waals surface area (Å²) in [6.07, 6.45) is 2.66. The van der Waals surface area contributed by atoms with Crippen LogP contribution in [0.5, 0.6) is 5.75 Å². The number of nitrogens with zero attached hydrogens (tertiary/aromatic N) is 1. The second-order valence-corrected chi connectivity index (χ2v) is 5.06. The molecular weight excluding hydrogens is 240 g/mol. The number of phenols is 1. The Kier molecular flexibility index (Phi) is 2.95. The van der Waals surface area contributed by atoms with Crippen LogP contribution in [0.3, 0.4) is 0 Å². The molecule has 0 aromatic heterocycles. The molecular formula is C13H15F2NO2. The summed E-state index contributed by atoms with van der Waals surface area (Å²) in [6, 6.07) is 2.38. The molecule has 0 radical (unpaired) electrons. The van der Waals surface area contributed by atoms with E-state index in [1.54, 1.807) is 0 Å². The van der Waals surface area contributed by atoms with Crippen LogP contribution >= 0.6 is 0 Å². The third kappa shape index (κ3) is 2.20. The largest absolute Gasteiger partial charge is 0.503 e. The van der Waals surface area contributed by atoms with Crippen LogP contribution in [0.2, 0.25) is 0 Å². The molecule has 5 heteroatoms. The monoisotopic (exact) mass is 255 g/mol. The van der Waals surface area contributed by atoms with Crippen molar-refractivity contribution in [1.29, 1.82) is 0 Å². The van der Waals surface area contributed by atoms with Crippen molar-refractivity contribution in [3.63, 3.8) is 0 Å². The van der Waals surface area contributed by atoms with E-state index < -0.39 is 17.4 Å². The number of hydrogen-bond donors (Lipinski definition) is 1. The summed E-state index contributed by atoms with van der Waals surface area (Å²) in [4.78, 5) is 2.15. The number of halogens is 2. The number of fused-ring (bicyclic) bond motifs is 2. The van der Waals surface area contributed by atoms with Crippen LogP contribution in [0.1, 0.15) is 18.4 Å². The lowest BCUT2D eigenvalue weighted by Gasteiger charge is -2.32. The first-order chi connectivity index (χ1) is 8.61. The van der Waals surface area contributed by atoms with E-state index >= 15 is 0 Å². The van der Waals surface area contributed by atoms with Gasteiger partial charge in [-0.15, -0.1) is 0 Å². The highest BCUT2D eigenvalue weighted by Gasteiger charge is 2.33. The smallest absolute Gasteiger partial charge is 0.187 e. The van der Waals surface area contributed by atoms with Crippen LogP contribution < -0.4 is 0 Å². The van der Waals surface area contributed by atoms with Crippen LogP contribution in [0.25, 0.3) is 0 Å². The highest BCUT2D eigenvalue weighted by atomic mass is 19.1. The fourth-order valence-corrected chi connectivity index (χ4v) is 2.80. The molecule has 1 aromatic carbocycles. The lowest BCUT2D eigenvalue weighted by atomic mass is 10.1. The number of benzene rings is 1. The van der Waals surface area contributed by atoms with Crippen molar-refractivity contribution in [2.24, 2.45) is 0 Å². The molecule has 2 aliphatic heterocycles. The van der Waals surface area contributed by atoms with Gasteiger partial charge in [0.15, 0.2) is 17.4 Å². The second kappa shape index (κ2) is 4.48. The molecule has 1 aromatic rings. The molecule has 2 fully saturated rings. The molecule has 0 saturated carbocycles. The minimum absolute atomic E-state index is 0.260. The zero-order chi connectivity index (χ0) is 12.7.